The van der Waals surface area contributed by atoms with Crippen molar-refractivity contribution in [3.8, 4) is 0 Å². The Morgan fingerprint density at radius 2 is 1.65 bits per heavy atom. The number of hydrogen-bond donors (Lipinski definition) is 0. The zero-order valence-corrected chi connectivity index (χ0v) is 9.10. The average molecular weight is 224 g/mol. The predicted molar refractivity (Wildman–Crippen MR) is 64.2 cm³/mol. The molecule has 0 aliphatic carbocycles. The number of fused-ring (bicyclic) bond motifs is 1. The second-order valence-corrected chi connectivity index (χ2v) is 3.52. The molecule has 0 atom stereocenters. The largest absolute Gasteiger partial charge is 0.240 e. The summed E-state index contributed by atoms with van der Waals surface area (Å²) in [5.41, 5.74) is 1.49. The Morgan fingerprint density at radius 3 is 2.35 bits per heavy atom. The summed E-state index contributed by atoms with van der Waals surface area (Å²) in [6.07, 6.45) is 2.96. The molecule has 2 aromatic carbocycles. The maximum Gasteiger partial charge on any atom is 0.240 e. The molecule has 0 saturated carbocycles. The van der Waals surface area contributed by atoms with Crippen molar-refractivity contribution < 1.29 is 9.59 Å². The van der Waals surface area contributed by atoms with Gasteiger partial charge in [0.2, 0.25) is 12.2 Å². The van der Waals surface area contributed by atoms with Gasteiger partial charge in [-0.2, -0.15) is 9.98 Å². The lowest BCUT2D eigenvalue weighted by molar-refractivity contribution is 0.564. The summed E-state index contributed by atoms with van der Waals surface area (Å²) in [6, 6.07) is 9.32. The first kappa shape index (κ1) is 11.0. The molecular weight excluding hydrogens is 216 g/mol. The minimum Gasteiger partial charge on any atom is -0.211 e. The molecule has 0 aromatic heterocycles. The third kappa shape index (κ3) is 1.91. The van der Waals surface area contributed by atoms with Crippen molar-refractivity contribution >= 4 is 34.3 Å². The van der Waals surface area contributed by atoms with Gasteiger partial charge in [-0.15, -0.1) is 0 Å². The lowest BCUT2D eigenvalue weighted by atomic mass is 10.0. The Balaban J connectivity index is 2.97. The smallest absolute Gasteiger partial charge is 0.211 e. The molecule has 4 nitrogen and oxygen atoms in total. The van der Waals surface area contributed by atoms with Gasteiger partial charge in [-0.25, -0.2) is 9.59 Å². The van der Waals surface area contributed by atoms with Gasteiger partial charge in [-0.3, -0.25) is 0 Å². The molecule has 0 aliphatic heterocycles. The number of isocyanates is 2. The number of hydrogen-bond acceptors (Lipinski definition) is 4. The van der Waals surface area contributed by atoms with E-state index < -0.39 is 0 Å². The molecule has 0 N–H and O–H groups in total. The predicted octanol–water partition coefficient (Wildman–Crippen LogP) is 3.08. The van der Waals surface area contributed by atoms with Gasteiger partial charge >= 0.3 is 0 Å². The fourth-order valence-corrected chi connectivity index (χ4v) is 1.80. The molecule has 0 unspecified atom stereocenters. The standard InChI is InChI=1S/C13H8N2O2/c1-9-6-10-4-2-3-5-11(10)13(15-8-17)12(9)14-7-16/h2-6H,1H3. The first-order valence-corrected chi connectivity index (χ1v) is 4.96. The summed E-state index contributed by atoms with van der Waals surface area (Å²) in [5.74, 6) is 0. The molecule has 0 heterocycles. The summed E-state index contributed by atoms with van der Waals surface area (Å²) in [7, 11) is 0. The van der Waals surface area contributed by atoms with E-state index in [1.54, 1.807) is 6.92 Å². The molecule has 4 heteroatoms. The highest BCUT2D eigenvalue weighted by atomic mass is 16.1. The molecule has 82 valence electrons. The van der Waals surface area contributed by atoms with Crippen LogP contribution < -0.4 is 0 Å². The van der Waals surface area contributed by atoms with Gasteiger partial charge in [0.1, 0.15) is 11.4 Å². The molecule has 2 rings (SSSR count). The number of aliphatic imine (C=N–C) groups is 2. The van der Waals surface area contributed by atoms with Gasteiger partial charge in [-0.05, 0) is 23.9 Å². The Bertz CT molecular complexity index is 679. The minimum atomic E-state index is 0.360. The number of aryl methyl sites for hydroxylation is 1. The maximum atomic E-state index is 10.5. The van der Waals surface area contributed by atoms with Crippen molar-refractivity contribution in [2.45, 2.75) is 6.92 Å². The van der Waals surface area contributed by atoms with Gasteiger partial charge in [0.05, 0.1) is 0 Å². The first-order chi connectivity index (χ1) is 8.27. The fraction of sp³-hybridized carbons (Fsp3) is 0.0769. The number of nitrogens with zero attached hydrogens (tertiary/aromatic N) is 2. The number of benzene rings is 2. The molecular formula is C13H8N2O2. The Morgan fingerprint density at radius 1 is 1.00 bits per heavy atom. The number of carbonyl (C=O) groups excluding carboxylic acids is 2. The van der Waals surface area contributed by atoms with Crippen molar-refractivity contribution in [3.63, 3.8) is 0 Å². The second kappa shape index (κ2) is 4.54. The highest BCUT2D eigenvalue weighted by Gasteiger charge is 2.09. The molecule has 17 heavy (non-hydrogen) atoms. The van der Waals surface area contributed by atoms with Gasteiger partial charge in [-0.1, -0.05) is 24.3 Å². The minimum absolute atomic E-state index is 0.360. The lowest BCUT2D eigenvalue weighted by Gasteiger charge is -2.06. The Kier molecular flexibility index (Phi) is 2.93. The lowest BCUT2D eigenvalue weighted by Crippen LogP contribution is -1.80. The SMILES string of the molecule is Cc1cc2ccccc2c(N=C=O)c1N=C=O. The monoisotopic (exact) mass is 224 g/mol. The Labute approximate surface area is 97.3 Å². The van der Waals surface area contributed by atoms with Crippen molar-refractivity contribution in [2.75, 3.05) is 0 Å². The zero-order valence-electron chi connectivity index (χ0n) is 9.10. The molecule has 0 fully saturated rings. The van der Waals surface area contributed by atoms with Crippen LogP contribution in [0.25, 0.3) is 10.8 Å². The first-order valence-electron chi connectivity index (χ1n) is 4.96. The average Bonchev–Trinajstić information content (AvgIpc) is 2.34. The highest BCUT2D eigenvalue weighted by Crippen LogP contribution is 2.38. The van der Waals surface area contributed by atoms with Crippen molar-refractivity contribution in [3.05, 3.63) is 35.9 Å². The van der Waals surface area contributed by atoms with E-state index in [1.807, 2.05) is 30.3 Å². The molecule has 0 aliphatic rings. The van der Waals surface area contributed by atoms with Gasteiger partial charge < -0.3 is 0 Å². The quantitative estimate of drug-likeness (QED) is 0.581. The Hall–Kier alpha value is -2.54. The van der Waals surface area contributed by atoms with Crippen LogP contribution in [0.5, 0.6) is 0 Å². The molecule has 2 aromatic rings. The van der Waals surface area contributed by atoms with E-state index >= 15 is 0 Å². The van der Waals surface area contributed by atoms with Crippen molar-refractivity contribution in [1.82, 2.24) is 0 Å². The molecule has 0 saturated heterocycles. The fourth-order valence-electron chi connectivity index (χ4n) is 1.80. The highest BCUT2D eigenvalue weighted by molar-refractivity contribution is 6.00. The van der Waals surface area contributed by atoms with E-state index in [9.17, 15) is 9.59 Å². The van der Waals surface area contributed by atoms with Crippen LogP contribution in [-0.4, -0.2) is 12.2 Å². The van der Waals surface area contributed by atoms with Crippen LogP contribution in [-0.2, 0) is 9.59 Å². The van der Waals surface area contributed by atoms with Crippen LogP contribution in [0.2, 0.25) is 0 Å². The van der Waals surface area contributed by atoms with Crippen LogP contribution in [0.4, 0.5) is 11.4 Å². The van der Waals surface area contributed by atoms with Crippen LogP contribution in [0.1, 0.15) is 5.56 Å². The third-order valence-electron chi connectivity index (χ3n) is 2.50. The van der Waals surface area contributed by atoms with Gasteiger partial charge in [0, 0.05) is 5.39 Å². The summed E-state index contributed by atoms with van der Waals surface area (Å²) < 4.78 is 0. The topological polar surface area (TPSA) is 58.9 Å². The van der Waals surface area contributed by atoms with E-state index in [4.69, 9.17) is 0 Å². The van der Waals surface area contributed by atoms with Crippen LogP contribution in [0.3, 0.4) is 0 Å². The van der Waals surface area contributed by atoms with Crippen LogP contribution in [0, 0.1) is 6.92 Å². The zero-order chi connectivity index (χ0) is 12.3. The summed E-state index contributed by atoms with van der Waals surface area (Å²) in [4.78, 5) is 28.1. The van der Waals surface area contributed by atoms with E-state index in [-0.39, 0.29) is 0 Å². The molecule has 0 bridgehead atoms. The summed E-state index contributed by atoms with van der Waals surface area (Å²) in [5, 5.41) is 1.69. The van der Waals surface area contributed by atoms with Crippen molar-refractivity contribution in [2.24, 2.45) is 9.98 Å². The summed E-state index contributed by atoms with van der Waals surface area (Å²) in [6.45, 7) is 1.80. The maximum absolute atomic E-state index is 10.5. The molecule has 0 amide bonds. The van der Waals surface area contributed by atoms with E-state index in [2.05, 4.69) is 9.98 Å². The second-order valence-electron chi connectivity index (χ2n) is 3.52. The van der Waals surface area contributed by atoms with Crippen LogP contribution >= 0.6 is 0 Å². The number of rotatable bonds is 2. The summed E-state index contributed by atoms with van der Waals surface area (Å²) >= 11 is 0. The van der Waals surface area contributed by atoms with E-state index in [0.717, 1.165) is 16.3 Å². The molecule has 0 spiro atoms. The van der Waals surface area contributed by atoms with E-state index in [1.165, 1.54) is 12.2 Å². The third-order valence-corrected chi connectivity index (χ3v) is 2.50. The molecule has 0 radical (unpaired) electrons. The normalized spacial score (nSPS) is 9.47. The van der Waals surface area contributed by atoms with E-state index in [0.29, 0.717) is 11.4 Å². The van der Waals surface area contributed by atoms with Crippen LogP contribution in [0.15, 0.2) is 40.3 Å². The van der Waals surface area contributed by atoms with Gasteiger partial charge in [0.25, 0.3) is 0 Å². The van der Waals surface area contributed by atoms with Gasteiger partial charge in [0.15, 0.2) is 0 Å². The van der Waals surface area contributed by atoms with Crippen molar-refractivity contribution in [1.29, 1.82) is 0 Å².